The van der Waals surface area contributed by atoms with Crippen molar-refractivity contribution in [3.8, 4) is 0 Å². The Morgan fingerprint density at radius 2 is 2.40 bits per heavy atom. The summed E-state index contributed by atoms with van der Waals surface area (Å²) in [7, 11) is 0. The second-order valence-electron chi connectivity index (χ2n) is 4.15. The standard InChI is InChI=1S/C11H14N4/c1-2-8(1)5-13-7-11-14-9-3-4-12-6-10(9)15-11/h3-4,6,8,13H,1-2,5,7H2,(H,14,15). The van der Waals surface area contributed by atoms with Crippen LogP contribution >= 0.6 is 0 Å². The van der Waals surface area contributed by atoms with E-state index in [1.165, 1.54) is 12.8 Å². The van der Waals surface area contributed by atoms with Crippen molar-refractivity contribution in [3.05, 3.63) is 24.3 Å². The highest BCUT2D eigenvalue weighted by Gasteiger charge is 2.20. The molecule has 0 aliphatic heterocycles. The zero-order valence-electron chi connectivity index (χ0n) is 8.53. The Morgan fingerprint density at radius 3 is 3.20 bits per heavy atom. The molecular weight excluding hydrogens is 188 g/mol. The van der Waals surface area contributed by atoms with Gasteiger partial charge >= 0.3 is 0 Å². The van der Waals surface area contributed by atoms with Crippen LogP contribution in [-0.2, 0) is 6.54 Å². The van der Waals surface area contributed by atoms with Gasteiger partial charge in [-0.2, -0.15) is 0 Å². The van der Waals surface area contributed by atoms with E-state index in [0.29, 0.717) is 0 Å². The van der Waals surface area contributed by atoms with Crippen LogP contribution in [0.3, 0.4) is 0 Å². The number of imidazole rings is 1. The number of aromatic amines is 1. The number of H-pyrrole nitrogens is 1. The van der Waals surface area contributed by atoms with Crippen molar-refractivity contribution in [1.29, 1.82) is 0 Å². The first-order valence-electron chi connectivity index (χ1n) is 5.41. The zero-order valence-corrected chi connectivity index (χ0v) is 8.53. The third kappa shape index (κ3) is 1.99. The van der Waals surface area contributed by atoms with E-state index in [-0.39, 0.29) is 0 Å². The van der Waals surface area contributed by atoms with E-state index in [1.807, 2.05) is 12.3 Å². The monoisotopic (exact) mass is 202 g/mol. The molecule has 0 spiro atoms. The van der Waals surface area contributed by atoms with Crippen LogP contribution in [0.15, 0.2) is 18.5 Å². The molecule has 4 heteroatoms. The first kappa shape index (κ1) is 8.85. The number of hydrogen-bond acceptors (Lipinski definition) is 3. The number of nitrogens with zero attached hydrogens (tertiary/aromatic N) is 2. The summed E-state index contributed by atoms with van der Waals surface area (Å²) in [5.41, 5.74) is 2.01. The van der Waals surface area contributed by atoms with Crippen molar-refractivity contribution < 1.29 is 0 Å². The Labute approximate surface area is 88.1 Å². The molecule has 78 valence electrons. The molecule has 0 saturated heterocycles. The molecule has 1 aliphatic rings. The highest BCUT2D eigenvalue weighted by molar-refractivity contribution is 5.73. The molecule has 0 amide bonds. The molecule has 0 radical (unpaired) electrons. The summed E-state index contributed by atoms with van der Waals surface area (Å²) in [5.74, 6) is 1.91. The minimum Gasteiger partial charge on any atom is -0.340 e. The predicted molar refractivity (Wildman–Crippen MR) is 58.3 cm³/mol. The number of rotatable bonds is 4. The molecule has 2 aromatic rings. The molecule has 1 fully saturated rings. The maximum atomic E-state index is 4.47. The smallest absolute Gasteiger partial charge is 0.121 e. The summed E-state index contributed by atoms with van der Waals surface area (Å²) in [5, 5.41) is 3.41. The fraction of sp³-hybridized carbons (Fsp3) is 0.455. The van der Waals surface area contributed by atoms with Crippen molar-refractivity contribution in [2.75, 3.05) is 6.54 Å². The largest absolute Gasteiger partial charge is 0.340 e. The molecule has 2 aromatic heterocycles. The Kier molecular flexibility index (Phi) is 2.14. The van der Waals surface area contributed by atoms with Crippen LogP contribution in [0.4, 0.5) is 0 Å². The zero-order chi connectivity index (χ0) is 10.1. The van der Waals surface area contributed by atoms with Crippen molar-refractivity contribution in [2.45, 2.75) is 19.4 Å². The van der Waals surface area contributed by atoms with Crippen LogP contribution in [0.1, 0.15) is 18.7 Å². The minimum absolute atomic E-state index is 0.825. The summed E-state index contributed by atoms with van der Waals surface area (Å²) in [4.78, 5) is 11.8. The van der Waals surface area contributed by atoms with E-state index in [1.54, 1.807) is 6.20 Å². The topological polar surface area (TPSA) is 53.6 Å². The molecule has 4 nitrogen and oxygen atoms in total. The van der Waals surface area contributed by atoms with Crippen LogP contribution < -0.4 is 5.32 Å². The van der Waals surface area contributed by atoms with Gasteiger partial charge in [-0.15, -0.1) is 0 Å². The van der Waals surface area contributed by atoms with Gasteiger partial charge in [0.2, 0.25) is 0 Å². The second kappa shape index (κ2) is 3.62. The first-order chi connectivity index (χ1) is 7.42. The van der Waals surface area contributed by atoms with Gasteiger partial charge in [-0.1, -0.05) is 0 Å². The van der Waals surface area contributed by atoms with Crippen LogP contribution in [0.2, 0.25) is 0 Å². The Balaban J connectivity index is 1.68. The third-order valence-corrected chi connectivity index (χ3v) is 2.75. The highest BCUT2D eigenvalue weighted by atomic mass is 15.0. The molecule has 0 bridgehead atoms. The van der Waals surface area contributed by atoms with Gasteiger partial charge in [-0.25, -0.2) is 4.98 Å². The van der Waals surface area contributed by atoms with Gasteiger partial charge in [0.25, 0.3) is 0 Å². The summed E-state index contributed by atoms with van der Waals surface area (Å²) >= 11 is 0. The molecule has 0 unspecified atom stereocenters. The van der Waals surface area contributed by atoms with Gasteiger partial charge in [0, 0.05) is 6.20 Å². The molecule has 0 aromatic carbocycles. The highest BCUT2D eigenvalue weighted by Crippen LogP contribution is 2.27. The first-order valence-corrected chi connectivity index (χ1v) is 5.41. The maximum Gasteiger partial charge on any atom is 0.121 e. The van der Waals surface area contributed by atoms with Crippen molar-refractivity contribution in [3.63, 3.8) is 0 Å². The van der Waals surface area contributed by atoms with E-state index in [2.05, 4.69) is 20.3 Å². The van der Waals surface area contributed by atoms with Gasteiger partial charge in [0.15, 0.2) is 0 Å². The number of pyridine rings is 1. The second-order valence-corrected chi connectivity index (χ2v) is 4.15. The van der Waals surface area contributed by atoms with Crippen LogP contribution in [0.25, 0.3) is 11.0 Å². The summed E-state index contributed by atoms with van der Waals surface area (Å²) < 4.78 is 0. The third-order valence-electron chi connectivity index (χ3n) is 2.75. The molecule has 15 heavy (non-hydrogen) atoms. The molecule has 3 rings (SSSR count). The average molecular weight is 202 g/mol. The normalized spacial score (nSPS) is 16.0. The molecular formula is C11H14N4. The Bertz CT molecular complexity index is 425. The van der Waals surface area contributed by atoms with Crippen LogP contribution in [0, 0.1) is 5.92 Å². The van der Waals surface area contributed by atoms with Crippen molar-refractivity contribution in [1.82, 2.24) is 20.3 Å². The van der Waals surface area contributed by atoms with Gasteiger partial charge in [0.1, 0.15) is 5.82 Å². The van der Waals surface area contributed by atoms with E-state index < -0.39 is 0 Å². The lowest BCUT2D eigenvalue weighted by atomic mass is 10.4. The predicted octanol–water partition coefficient (Wildman–Crippen LogP) is 1.46. The van der Waals surface area contributed by atoms with E-state index in [4.69, 9.17) is 0 Å². The molecule has 0 atom stereocenters. The maximum absolute atomic E-state index is 4.47. The van der Waals surface area contributed by atoms with Gasteiger partial charge < -0.3 is 10.3 Å². The molecule has 1 aliphatic carbocycles. The molecule has 1 saturated carbocycles. The lowest BCUT2D eigenvalue weighted by Crippen LogP contribution is -2.16. The van der Waals surface area contributed by atoms with E-state index in [0.717, 1.165) is 35.9 Å². The fourth-order valence-corrected chi connectivity index (χ4v) is 1.71. The lowest BCUT2D eigenvalue weighted by molar-refractivity contribution is 0.624. The van der Waals surface area contributed by atoms with Gasteiger partial charge in [-0.3, -0.25) is 4.98 Å². The number of hydrogen-bond donors (Lipinski definition) is 2. The number of aromatic nitrogens is 3. The van der Waals surface area contributed by atoms with E-state index in [9.17, 15) is 0 Å². The minimum atomic E-state index is 0.825. The van der Waals surface area contributed by atoms with Crippen LogP contribution in [0.5, 0.6) is 0 Å². The fourth-order valence-electron chi connectivity index (χ4n) is 1.71. The van der Waals surface area contributed by atoms with Crippen molar-refractivity contribution in [2.24, 2.45) is 5.92 Å². The van der Waals surface area contributed by atoms with Gasteiger partial charge in [0.05, 0.1) is 23.8 Å². The number of fused-ring (bicyclic) bond motifs is 1. The van der Waals surface area contributed by atoms with Crippen LogP contribution in [-0.4, -0.2) is 21.5 Å². The summed E-state index contributed by atoms with van der Waals surface area (Å²) in [6, 6.07) is 1.93. The Hall–Kier alpha value is -1.42. The quantitative estimate of drug-likeness (QED) is 0.789. The molecule has 2 N–H and O–H groups in total. The lowest BCUT2D eigenvalue weighted by Gasteiger charge is -1.98. The van der Waals surface area contributed by atoms with Crippen molar-refractivity contribution >= 4 is 11.0 Å². The molecule has 2 heterocycles. The summed E-state index contributed by atoms with van der Waals surface area (Å²) in [6.07, 6.45) is 6.35. The number of nitrogens with one attached hydrogen (secondary N) is 2. The Morgan fingerprint density at radius 1 is 1.47 bits per heavy atom. The summed E-state index contributed by atoms with van der Waals surface area (Å²) in [6.45, 7) is 1.94. The average Bonchev–Trinajstić information content (AvgIpc) is 2.97. The van der Waals surface area contributed by atoms with Gasteiger partial charge in [-0.05, 0) is 31.4 Å². The van der Waals surface area contributed by atoms with E-state index >= 15 is 0 Å². The SMILES string of the molecule is c1cc2nc(CNCC3CC3)[nH]c2cn1.